The van der Waals surface area contributed by atoms with Crippen LogP contribution in [0.1, 0.15) is 72.0 Å². The van der Waals surface area contributed by atoms with Gasteiger partial charge in [0.05, 0.1) is 10.6 Å². The summed E-state index contributed by atoms with van der Waals surface area (Å²) in [5.41, 5.74) is 2.67. The number of hydrogen-bond acceptors (Lipinski definition) is 5. The van der Waals surface area contributed by atoms with E-state index in [1.807, 2.05) is 35.2 Å². The number of H-pyrrole nitrogens is 1. The fraction of sp³-hybridized carbons (Fsp3) is 0.407. The maximum atomic E-state index is 13.7. The Bertz CT molecular complexity index is 1190. The van der Waals surface area contributed by atoms with E-state index in [9.17, 15) is 14.4 Å². The lowest BCUT2D eigenvalue weighted by molar-refractivity contribution is -0.124. The van der Waals surface area contributed by atoms with Gasteiger partial charge in [0.15, 0.2) is 6.29 Å². The smallest absolute Gasteiger partial charge is 0.276 e. The van der Waals surface area contributed by atoms with Gasteiger partial charge < -0.3 is 10.2 Å². The van der Waals surface area contributed by atoms with Crippen molar-refractivity contribution in [3.05, 3.63) is 53.2 Å². The van der Waals surface area contributed by atoms with E-state index in [-0.39, 0.29) is 23.8 Å². The molecule has 0 saturated heterocycles. The van der Waals surface area contributed by atoms with Gasteiger partial charge in [-0.2, -0.15) is 5.10 Å². The molecule has 35 heavy (non-hydrogen) atoms. The van der Waals surface area contributed by atoms with E-state index in [1.165, 1.54) is 11.3 Å². The van der Waals surface area contributed by atoms with Crippen LogP contribution in [0.2, 0.25) is 0 Å². The average molecular weight is 491 g/mol. The fourth-order valence-electron chi connectivity index (χ4n) is 4.95. The molecule has 5 rings (SSSR count). The Labute approximate surface area is 208 Å². The first-order valence-electron chi connectivity index (χ1n) is 12.4. The summed E-state index contributed by atoms with van der Waals surface area (Å²) in [5.74, 6) is 0.631. The van der Waals surface area contributed by atoms with E-state index in [1.54, 1.807) is 12.3 Å². The number of anilines is 2. The molecule has 8 heteroatoms. The molecule has 0 spiro atoms. The van der Waals surface area contributed by atoms with Crippen molar-refractivity contribution in [1.29, 1.82) is 0 Å². The van der Waals surface area contributed by atoms with Crippen molar-refractivity contribution in [2.75, 3.05) is 10.2 Å². The van der Waals surface area contributed by atoms with Gasteiger partial charge in [-0.3, -0.25) is 19.5 Å². The predicted octanol–water partition coefficient (Wildman–Crippen LogP) is 5.91. The van der Waals surface area contributed by atoms with E-state index in [0.717, 1.165) is 67.4 Å². The van der Waals surface area contributed by atoms with Crippen molar-refractivity contribution < 1.29 is 14.4 Å². The zero-order chi connectivity index (χ0) is 24.4. The van der Waals surface area contributed by atoms with Gasteiger partial charge in [0.25, 0.3) is 5.91 Å². The quantitative estimate of drug-likeness (QED) is 0.402. The van der Waals surface area contributed by atoms with Crippen LogP contribution >= 0.6 is 11.3 Å². The summed E-state index contributed by atoms with van der Waals surface area (Å²) in [6, 6.07) is 11.3. The molecular weight excluding hydrogens is 460 g/mol. The number of aromatic nitrogens is 2. The second kappa shape index (κ2) is 10.2. The highest BCUT2D eigenvalue weighted by molar-refractivity contribution is 7.17. The number of carbonyl (C=O) groups is 3. The number of aromatic amines is 1. The van der Waals surface area contributed by atoms with E-state index in [0.29, 0.717) is 22.2 Å². The molecule has 0 unspecified atom stereocenters. The molecule has 0 radical (unpaired) electrons. The van der Waals surface area contributed by atoms with Crippen LogP contribution in [0.15, 0.2) is 42.6 Å². The number of thiophene rings is 1. The summed E-state index contributed by atoms with van der Waals surface area (Å²) < 4.78 is 0. The molecule has 2 saturated carbocycles. The second-order valence-corrected chi connectivity index (χ2v) is 10.8. The molecular formula is C27H30N4O3S. The topological polar surface area (TPSA) is 95.2 Å². The molecule has 0 atom stereocenters. The molecule has 182 valence electrons. The Balaban J connectivity index is 1.38. The van der Waals surface area contributed by atoms with Crippen LogP contribution in [0, 0.1) is 11.8 Å². The number of carbonyl (C=O) groups excluding carboxylic acids is 3. The number of nitrogens with zero attached hydrogens (tertiary/aromatic N) is 2. The summed E-state index contributed by atoms with van der Waals surface area (Å²) in [7, 11) is 0. The molecule has 2 fully saturated rings. The van der Waals surface area contributed by atoms with Crippen molar-refractivity contribution in [3.8, 4) is 10.4 Å². The predicted molar refractivity (Wildman–Crippen MR) is 138 cm³/mol. The van der Waals surface area contributed by atoms with Crippen LogP contribution in [0.25, 0.3) is 10.4 Å². The maximum absolute atomic E-state index is 13.7. The van der Waals surface area contributed by atoms with Gasteiger partial charge in [-0.25, -0.2) is 0 Å². The number of nitrogens with one attached hydrogen (secondary N) is 2. The highest BCUT2D eigenvalue weighted by Gasteiger charge is 2.37. The first-order chi connectivity index (χ1) is 17.0. The van der Waals surface area contributed by atoms with Crippen LogP contribution in [0.3, 0.4) is 0 Å². The van der Waals surface area contributed by atoms with Gasteiger partial charge in [-0.1, -0.05) is 19.1 Å². The Kier molecular flexibility index (Phi) is 6.81. The molecule has 2 N–H and O–H groups in total. The minimum Gasteiger partial charge on any atom is -0.321 e. The minimum absolute atomic E-state index is 0.0482. The van der Waals surface area contributed by atoms with Crippen molar-refractivity contribution in [1.82, 2.24) is 10.2 Å². The molecule has 2 aromatic heterocycles. The lowest BCUT2D eigenvalue weighted by Gasteiger charge is -2.40. The summed E-state index contributed by atoms with van der Waals surface area (Å²) in [6.45, 7) is 2.26. The van der Waals surface area contributed by atoms with E-state index in [2.05, 4.69) is 22.4 Å². The van der Waals surface area contributed by atoms with Crippen molar-refractivity contribution in [2.24, 2.45) is 11.8 Å². The van der Waals surface area contributed by atoms with Gasteiger partial charge in [-0.05, 0) is 80.7 Å². The Morgan fingerprint density at radius 1 is 1.09 bits per heavy atom. The lowest BCUT2D eigenvalue weighted by atomic mass is 9.81. The third-order valence-corrected chi connectivity index (χ3v) is 8.41. The molecule has 0 bridgehead atoms. The van der Waals surface area contributed by atoms with Crippen LogP contribution in [-0.2, 0) is 4.79 Å². The Hall–Kier alpha value is -3.26. The number of aldehydes is 1. The zero-order valence-electron chi connectivity index (χ0n) is 19.8. The van der Waals surface area contributed by atoms with Crippen LogP contribution in [0.4, 0.5) is 11.4 Å². The first-order valence-corrected chi connectivity index (χ1v) is 13.2. The molecule has 2 heterocycles. The van der Waals surface area contributed by atoms with E-state index in [4.69, 9.17) is 0 Å². The third kappa shape index (κ3) is 4.93. The highest BCUT2D eigenvalue weighted by atomic mass is 32.1. The van der Waals surface area contributed by atoms with Crippen LogP contribution in [0.5, 0.6) is 0 Å². The van der Waals surface area contributed by atoms with E-state index >= 15 is 0 Å². The van der Waals surface area contributed by atoms with Crippen LogP contribution < -0.4 is 10.2 Å². The van der Waals surface area contributed by atoms with Gasteiger partial charge in [0, 0.05) is 28.7 Å². The number of benzene rings is 1. The zero-order valence-corrected chi connectivity index (χ0v) is 20.6. The number of hydrogen-bond donors (Lipinski definition) is 2. The second-order valence-electron chi connectivity index (χ2n) is 9.72. The minimum atomic E-state index is -0.285. The molecule has 0 aliphatic heterocycles. The molecule has 1 aromatic carbocycles. The normalized spacial score (nSPS) is 20.1. The average Bonchev–Trinajstić information content (AvgIpc) is 3.52. The molecule has 2 amide bonds. The largest absolute Gasteiger partial charge is 0.321 e. The molecule has 3 aromatic rings. The standard InChI is InChI=1S/C27H30N4O3S/c1-17-5-7-19(8-6-17)27(34)31(21-3-2-4-21)23-15-24(35-25(23)16-32)18-9-11-20(12-10-18)29-26(33)22-13-14-28-30-22/h9-17,19,21H,2-8H2,1H3,(H,28,30)(H,29,33)/t17-,19-. The van der Waals surface area contributed by atoms with Crippen molar-refractivity contribution in [3.63, 3.8) is 0 Å². The van der Waals surface area contributed by atoms with E-state index < -0.39 is 0 Å². The van der Waals surface area contributed by atoms with Gasteiger partial charge >= 0.3 is 0 Å². The monoisotopic (exact) mass is 490 g/mol. The molecule has 2 aliphatic carbocycles. The number of amides is 2. The highest BCUT2D eigenvalue weighted by Crippen LogP contribution is 2.42. The first kappa shape index (κ1) is 23.5. The van der Waals surface area contributed by atoms with Gasteiger partial charge in [0.2, 0.25) is 5.91 Å². The summed E-state index contributed by atoms with van der Waals surface area (Å²) in [5, 5.41) is 9.35. The Morgan fingerprint density at radius 2 is 1.83 bits per heavy atom. The maximum Gasteiger partial charge on any atom is 0.276 e. The molecule has 2 aliphatic rings. The van der Waals surface area contributed by atoms with Crippen molar-refractivity contribution in [2.45, 2.75) is 57.9 Å². The summed E-state index contributed by atoms with van der Waals surface area (Å²) in [4.78, 5) is 41.4. The van der Waals surface area contributed by atoms with Crippen molar-refractivity contribution >= 4 is 40.8 Å². The SMILES string of the molecule is C[C@H]1CC[C@H](C(=O)N(c2cc(-c3ccc(NC(=O)c4cc[nH]n4)cc3)sc2C=O)C2CCC2)CC1. The fourth-order valence-corrected chi connectivity index (χ4v) is 5.93. The Morgan fingerprint density at radius 3 is 2.43 bits per heavy atom. The van der Waals surface area contributed by atoms with Gasteiger partial charge in [0.1, 0.15) is 5.69 Å². The van der Waals surface area contributed by atoms with Crippen LogP contribution in [-0.4, -0.2) is 34.3 Å². The summed E-state index contributed by atoms with van der Waals surface area (Å²) in [6.07, 6.45) is 9.62. The molecule has 7 nitrogen and oxygen atoms in total. The van der Waals surface area contributed by atoms with Gasteiger partial charge in [-0.15, -0.1) is 11.3 Å². The summed E-state index contributed by atoms with van der Waals surface area (Å²) >= 11 is 1.41. The number of rotatable bonds is 7. The lowest BCUT2D eigenvalue weighted by Crippen LogP contribution is -2.48. The third-order valence-electron chi connectivity index (χ3n) is 7.31.